The molecule has 1 aliphatic rings. The highest BCUT2D eigenvalue weighted by molar-refractivity contribution is 6.16. The number of carbonyl (C=O) groups excluding carboxylic acids is 2. The Balaban J connectivity index is 2.73. The molecule has 0 aromatic rings. The third-order valence-electron chi connectivity index (χ3n) is 2.84. The van der Waals surface area contributed by atoms with E-state index in [1.165, 1.54) is 33.3 Å². The minimum absolute atomic E-state index is 0.201. The summed E-state index contributed by atoms with van der Waals surface area (Å²) in [5.41, 5.74) is 0.212. The lowest BCUT2D eigenvalue weighted by molar-refractivity contribution is -0.137. The zero-order valence-corrected chi connectivity index (χ0v) is 9.41. The van der Waals surface area contributed by atoms with E-state index in [1.54, 1.807) is 6.08 Å². The Kier molecular flexibility index (Phi) is 4.53. The van der Waals surface area contributed by atoms with Gasteiger partial charge in [-0.2, -0.15) is 0 Å². The normalized spacial score (nSPS) is 18.7. The summed E-state index contributed by atoms with van der Waals surface area (Å²) in [7, 11) is 1.31. The van der Waals surface area contributed by atoms with Gasteiger partial charge < -0.3 is 4.74 Å². The van der Waals surface area contributed by atoms with Gasteiger partial charge in [-0.1, -0.05) is 25.3 Å². The minimum atomic E-state index is -0.506. The first-order valence-corrected chi connectivity index (χ1v) is 5.46. The zero-order valence-electron chi connectivity index (χ0n) is 9.41. The average Bonchev–Trinajstić information content (AvgIpc) is 2.26. The molecular weight excluding hydrogens is 192 g/mol. The molecule has 0 N–H and O–H groups in total. The Morgan fingerprint density at radius 3 is 2.27 bits per heavy atom. The lowest BCUT2D eigenvalue weighted by atomic mass is 9.87. The number of hydrogen-bond donors (Lipinski definition) is 0. The van der Waals surface area contributed by atoms with Gasteiger partial charge in [-0.25, -0.2) is 4.79 Å². The molecular formula is C12H18O3. The fraction of sp³-hybridized carbons (Fsp3) is 0.667. The number of hydrogen-bond acceptors (Lipinski definition) is 3. The molecule has 0 saturated heterocycles. The van der Waals surface area contributed by atoms with Crippen LogP contribution in [0.5, 0.6) is 0 Å². The molecule has 0 unspecified atom stereocenters. The van der Waals surface area contributed by atoms with Crippen molar-refractivity contribution in [3.05, 3.63) is 11.6 Å². The quantitative estimate of drug-likeness (QED) is 0.310. The lowest BCUT2D eigenvalue weighted by Crippen LogP contribution is -2.14. The molecule has 0 bridgehead atoms. The molecule has 0 aromatic heterocycles. The second-order valence-corrected chi connectivity index (χ2v) is 4.03. The van der Waals surface area contributed by atoms with Crippen molar-refractivity contribution < 1.29 is 14.3 Å². The van der Waals surface area contributed by atoms with Gasteiger partial charge in [-0.15, -0.1) is 0 Å². The van der Waals surface area contributed by atoms with Crippen molar-refractivity contribution in [1.29, 1.82) is 0 Å². The molecule has 0 radical (unpaired) electrons. The molecule has 84 valence electrons. The summed E-state index contributed by atoms with van der Waals surface area (Å²) in [6.07, 6.45) is 7.59. The van der Waals surface area contributed by atoms with E-state index < -0.39 is 5.97 Å². The lowest BCUT2D eigenvalue weighted by Gasteiger charge is -2.18. The van der Waals surface area contributed by atoms with Crippen LogP contribution in [0.3, 0.4) is 0 Å². The van der Waals surface area contributed by atoms with Gasteiger partial charge in [0.05, 0.1) is 12.7 Å². The van der Waals surface area contributed by atoms with Crippen LogP contribution in [-0.4, -0.2) is 18.9 Å². The van der Waals surface area contributed by atoms with E-state index in [4.69, 9.17) is 0 Å². The smallest absolute Gasteiger partial charge is 0.341 e. The topological polar surface area (TPSA) is 43.4 Å². The Hall–Kier alpha value is -1.12. The van der Waals surface area contributed by atoms with Crippen molar-refractivity contribution in [1.82, 2.24) is 0 Å². The summed E-state index contributed by atoms with van der Waals surface area (Å²) in [5, 5.41) is 0. The highest BCUT2D eigenvalue weighted by Gasteiger charge is 2.18. The van der Waals surface area contributed by atoms with E-state index >= 15 is 0 Å². The maximum absolute atomic E-state index is 11.3. The third kappa shape index (κ3) is 3.50. The van der Waals surface area contributed by atoms with Crippen LogP contribution >= 0.6 is 0 Å². The van der Waals surface area contributed by atoms with Crippen LogP contribution in [0.1, 0.15) is 39.0 Å². The van der Waals surface area contributed by atoms with Crippen molar-refractivity contribution in [2.24, 2.45) is 5.92 Å². The van der Waals surface area contributed by atoms with Gasteiger partial charge in [0.2, 0.25) is 0 Å². The molecule has 1 fully saturated rings. The van der Waals surface area contributed by atoms with Gasteiger partial charge in [0.15, 0.2) is 5.78 Å². The maximum atomic E-state index is 11.3. The second-order valence-electron chi connectivity index (χ2n) is 4.03. The van der Waals surface area contributed by atoms with E-state index in [2.05, 4.69) is 4.74 Å². The number of allylic oxidation sites excluding steroid dienone is 1. The maximum Gasteiger partial charge on any atom is 0.341 e. The molecule has 0 aliphatic heterocycles. The van der Waals surface area contributed by atoms with Gasteiger partial charge in [-0.05, 0) is 25.7 Å². The fourth-order valence-corrected chi connectivity index (χ4v) is 1.98. The van der Waals surface area contributed by atoms with Gasteiger partial charge in [-0.3, -0.25) is 4.79 Å². The molecule has 1 aliphatic carbocycles. The van der Waals surface area contributed by atoms with E-state index in [1.807, 2.05) is 0 Å². The fourth-order valence-electron chi connectivity index (χ4n) is 1.98. The predicted octanol–water partition coefficient (Wildman–Crippen LogP) is 2.26. The highest BCUT2D eigenvalue weighted by atomic mass is 16.5. The minimum Gasteiger partial charge on any atom is -0.465 e. The van der Waals surface area contributed by atoms with Crippen molar-refractivity contribution in [3.8, 4) is 0 Å². The molecule has 0 atom stereocenters. The first kappa shape index (κ1) is 12.0. The van der Waals surface area contributed by atoms with Crippen molar-refractivity contribution in [2.75, 3.05) is 7.11 Å². The molecule has 3 heteroatoms. The number of Topliss-reactive ketones (excluding diaryl/α,β-unsaturated/α-hetero) is 1. The summed E-state index contributed by atoms with van der Waals surface area (Å²) in [6, 6.07) is 0. The van der Waals surface area contributed by atoms with E-state index in [-0.39, 0.29) is 11.4 Å². The Bertz CT molecular complexity index is 273. The van der Waals surface area contributed by atoms with Crippen LogP contribution in [0.2, 0.25) is 0 Å². The standard InChI is InChI=1S/C12H18O3/c1-9(13)11(12(14)15-2)8-10-6-4-3-5-7-10/h8,10H,3-7H2,1-2H3/b11-8-. The summed E-state index contributed by atoms with van der Waals surface area (Å²) < 4.78 is 4.59. The summed E-state index contributed by atoms with van der Waals surface area (Å²) in [5.74, 6) is -0.336. The second kappa shape index (κ2) is 5.69. The zero-order chi connectivity index (χ0) is 11.3. The first-order chi connectivity index (χ1) is 7.15. The molecule has 1 rings (SSSR count). The van der Waals surface area contributed by atoms with Gasteiger partial charge in [0, 0.05) is 0 Å². The SMILES string of the molecule is COC(=O)/C(=C\C1CCCCC1)C(C)=O. The van der Waals surface area contributed by atoms with Crippen LogP contribution in [-0.2, 0) is 14.3 Å². The third-order valence-corrected chi connectivity index (χ3v) is 2.84. The Morgan fingerprint density at radius 1 is 1.20 bits per heavy atom. The van der Waals surface area contributed by atoms with Crippen LogP contribution in [0.15, 0.2) is 11.6 Å². The molecule has 3 nitrogen and oxygen atoms in total. The van der Waals surface area contributed by atoms with Crippen LogP contribution < -0.4 is 0 Å². The highest BCUT2D eigenvalue weighted by Crippen LogP contribution is 2.25. The average molecular weight is 210 g/mol. The summed E-state index contributed by atoms with van der Waals surface area (Å²) in [4.78, 5) is 22.6. The molecule has 1 saturated carbocycles. The molecule has 0 amide bonds. The van der Waals surface area contributed by atoms with Crippen molar-refractivity contribution >= 4 is 11.8 Å². The number of ether oxygens (including phenoxy) is 1. The number of carbonyl (C=O) groups is 2. The van der Waals surface area contributed by atoms with Gasteiger partial charge in [0.25, 0.3) is 0 Å². The first-order valence-electron chi connectivity index (χ1n) is 5.46. The number of ketones is 1. The molecule has 15 heavy (non-hydrogen) atoms. The summed E-state index contributed by atoms with van der Waals surface area (Å²) >= 11 is 0. The largest absolute Gasteiger partial charge is 0.465 e. The van der Waals surface area contributed by atoms with E-state index in [9.17, 15) is 9.59 Å². The van der Waals surface area contributed by atoms with Crippen LogP contribution in [0.25, 0.3) is 0 Å². The van der Waals surface area contributed by atoms with Crippen LogP contribution in [0.4, 0.5) is 0 Å². The molecule has 0 aromatic carbocycles. The van der Waals surface area contributed by atoms with E-state index in [0.717, 1.165) is 12.8 Å². The van der Waals surface area contributed by atoms with Crippen molar-refractivity contribution in [3.63, 3.8) is 0 Å². The van der Waals surface area contributed by atoms with Gasteiger partial charge in [0.1, 0.15) is 0 Å². The molecule has 0 heterocycles. The van der Waals surface area contributed by atoms with E-state index in [0.29, 0.717) is 5.92 Å². The van der Waals surface area contributed by atoms with Crippen LogP contribution in [0, 0.1) is 5.92 Å². The number of esters is 1. The van der Waals surface area contributed by atoms with Gasteiger partial charge >= 0.3 is 5.97 Å². The monoisotopic (exact) mass is 210 g/mol. The number of methoxy groups -OCH3 is 1. The van der Waals surface area contributed by atoms with Crippen molar-refractivity contribution in [2.45, 2.75) is 39.0 Å². The number of rotatable bonds is 3. The Labute approximate surface area is 90.5 Å². The summed E-state index contributed by atoms with van der Waals surface area (Å²) in [6.45, 7) is 1.41. The molecule has 0 spiro atoms. The predicted molar refractivity (Wildman–Crippen MR) is 57.4 cm³/mol. The Morgan fingerprint density at radius 2 is 1.80 bits per heavy atom.